The molecule has 2 aromatic carbocycles. The zero-order chi connectivity index (χ0) is 17.5. The maximum absolute atomic E-state index is 10.2. The molecule has 0 heterocycles. The van der Waals surface area contributed by atoms with Crippen LogP contribution in [0.1, 0.15) is 35.6 Å². The van der Waals surface area contributed by atoms with Crippen molar-refractivity contribution >= 4 is 0 Å². The average molecular weight is 341 g/mol. The Morgan fingerprint density at radius 3 is 2.84 bits per heavy atom. The number of benzene rings is 2. The lowest BCUT2D eigenvalue weighted by molar-refractivity contribution is 0.0267. The minimum absolute atomic E-state index is 0.305. The van der Waals surface area contributed by atoms with Crippen molar-refractivity contribution in [3.05, 3.63) is 65.2 Å². The largest absolute Gasteiger partial charge is 0.496 e. The molecule has 0 saturated carbocycles. The molecule has 0 amide bonds. The molecular formula is C21H27NO3. The Labute approximate surface area is 149 Å². The highest BCUT2D eigenvalue weighted by Gasteiger charge is 2.20. The van der Waals surface area contributed by atoms with E-state index >= 15 is 0 Å². The Kier molecular flexibility index (Phi) is 6.45. The molecule has 0 fully saturated rings. The summed E-state index contributed by atoms with van der Waals surface area (Å²) in [7, 11) is 1.65. The van der Waals surface area contributed by atoms with Crippen LogP contribution in [-0.4, -0.2) is 31.5 Å². The van der Waals surface area contributed by atoms with E-state index in [-0.39, 0.29) is 0 Å². The molecule has 1 aliphatic rings. The summed E-state index contributed by atoms with van der Waals surface area (Å²) in [5, 5.41) is 13.7. The van der Waals surface area contributed by atoms with Crippen molar-refractivity contribution in [1.82, 2.24) is 5.32 Å². The molecule has 2 N–H and O–H groups in total. The maximum Gasteiger partial charge on any atom is 0.124 e. The Bertz CT molecular complexity index is 674. The predicted molar refractivity (Wildman–Crippen MR) is 98.8 cm³/mol. The van der Waals surface area contributed by atoms with Gasteiger partial charge in [0.1, 0.15) is 5.75 Å². The van der Waals surface area contributed by atoms with Gasteiger partial charge in [-0.15, -0.1) is 0 Å². The lowest BCUT2D eigenvalue weighted by atomic mass is 9.88. The van der Waals surface area contributed by atoms with Crippen molar-refractivity contribution in [2.24, 2.45) is 0 Å². The van der Waals surface area contributed by atoms with Crippen LogP contribution < -0.4 is 10.1 Å². The number of methoxy groups -OCH3 is 1. The molecule has 4 heteroatoms. The van der Waals surface area contributed by atoms with Crippen molar-refractivity contribution in [1.29, 1.82) is 0 Å². The Balaban J connectivity index is 1.44. The summed E-state index contributed by atoms with van der Waals surface area (Å²) in [6.45, 7) is 1.28. The quantitative estimate of drug-likeness (QED) is 0.774. The summed E-state index contributed by atoms with van der Waals surface area (Å²) in [5.41, 5.74) is 3.79. The van der Waals surface area contributed by atoms with E-state index in [4.69, 9.17) is 9.47 Å². The second-order valence-corrected chi connectivity index (χ2v) is 6.53. The fourth-order valence-electron chi connectivity index (χ4n) is 3.43. The van der Waals surface area contributed by atoms with E-state index in [9.17, 15) is 5.11 Å². The second-order valence-electron chi connectivity index (χ2n) is 6.53. The van der Waals surface area contributed by atoms with Crippen LogP contribution in [0.15, 0.2) is 48.5 Å². The molecule has 134 valence electrons. The van der Waals surface area contributed by atoms with E-state index in [1.807, 2.05) is 24.3 Å². The van der Waals surface area contributed by atoms with Crippen molar-refractivity contribution in [3.63, 3.8) is 0 Å². The first-order valence-electron chi connectivity index (χ1n) is 8.97. The number of aryl methyl sites for hydroxylation is 1. The molecular weight excluding hydrogens is 314 g/mol. The number of rotatable bonds is 8. The molecule has 0 aromatic heterocycles. The third-order valence-corrected chi connectivity index (χ3v) is 4.73. The van der Waals surface area contributed by atoms with Crippen molar-refractivity contribution in [3.8, 4) is 5.75 Å². The Hall–Kier alpha value is -1.88. The highest BCUT2D eigenvalue weighted by Crippen LogP contribution is 2.29. The standard InChI is InChI=1S/C21H27NO3/c1-24-21-12-5-3-8-17(21)14-25-15-18(23)13-22-20-11-6-9-16-7-2-4-10-19(16)20/h2-5,7-8,10,12,18,20,22-23H,6,9,11,13-15H2,1H3/t18-,20-/m0/s1. The van der Waals surface area contributed by atoms with Crippen LogP contribution in [0.25, 0.3) is 0 Å². The van der Waals surface area contributed by atoms with Gasteiger partial charge < -0.3 is 19.9 Å². The monoisotopic (exact) mass is 341 g/mol. The molecule has 0 radical (unpaired) electrons. The van der Waals surface area contributed by atoms with Crippen LogP contribution in [0.5, 0.6) is 5.75 Å². The fraction of sp³-hybridized carbons (Fsp3) is 0.429. The van der Waals surface area contributed by atoms with E-state index < -0.39 is 6.10 Å². The molecule has 2 atom stereocenters. The summed E-state index contributed by atoms with van der Waals surface area (Å²) < 4.78 is 11.0. The number of hydrogen-bond acceptors (Lipinski definition) is 4. The number of fused-ring (bicyclic) bond motifs is 1. The van der Waals surface area contributed by atoms with Crippen molar-refractivity contribution in [2.45, 2.75) is 38.0 Å². The molecule has 3 rings (SSSR count). The zero-order valence-electron chi connectivity index (χ0n) is 14.8. The van der Waals surface area contributed by atoms with Crippen LogP contribution in [0.2, 0.25) is 0 Å². The average Bonchev–Trinajstić information content (AvgIpc) is 2.66. The first-order chi connectivity index (χ1) is 12.3. The van der Waals surface area contributed by atoms with E-state index in [1.54, 1.807) is 7.11 Å². The van der Waals surface area contributed by atoms with E-state index in [0.717, 1.165) is 24.2 Å². The molecule has 0 bridgehead atoms. The van der Waals surface area contributed by atoms with Gasteiger partial charge in [-0.1, -0.05) is 42.5 Å². The van der Waals surface area contributed by atoms with Gasteiger partial charge in [-0.25, -0.2) is 0 Å². The molecule has 0 unspecified atom stereocenters. The number of nitrogens with one attached hydrogen (secondary N) is 1. The zero-order valence-corrected chi connectivity index (χ0v) is 14.8. The summed E-state index contributed by atoms with van der Waals surface area (Å²) >= 11 is 0. The highest BCUT2D eigenvalue weighted by atomic mass is 16.5. The molecule has 0 aliphatic heterocycles. The summed E-state index contributed by atoms with van der Waals surface area (Å²) in [6, 6.07) is 16.7. The fourth-order valence-corrected chi connectivity index (χ4v) is 3.43. The van der Waals surface area contributed by atoms with Gasteiger partial charge >= 0.3 is 0 Å². The molecule has 1 aliphatic carbocycles. The molecule has 0 saturated heterocycles. The van der Waals surface area contributed by atoms with Gasteiger partial charge in [0.05, 0.1) is 26.4 Å². The van der Waals surface area contributed by atoms with Crippen LogP contribution in [0, 0.1) is 0 Å². The summed E-state index contributed by atoms with van der Waals surface area (Å²) in [4.78, 5) is 0. The van der Waals surface area contributed by atoms with Crippen molar-refractivity contribution in [2.75, 3.05) is 20.3 Å². The number of aliphatic hydroxyl groups excluding tert-OH is 1. The summed E-state index contributed by atoms with van der Waals surface area (Å²) in [6.07, 6.45) is 2.93. The van der Waals surface area contributed by atoms with Gasteiger partial charge in [-0.3, -0.25) is 0 Å². The van der Waals surface area contributed by atoms with Gasteiger partial charge in [0.2, 0.25) is 0 Å². The number of hydrogen-bond donors (Lipinski definition) is 2. The highest BCUT2D eigenvalue weighted by molar-refractivity contribution is 5.33. The topological polar surface area (TPSA) is 50.7 Å². The minimum atomic E-state index is -0.524. The molecule has 0 spiro atoms. The Morgan fingerprint density at radius 2 is 1.96 bits per heavy atom. The predicted octanol–water partition coefficient (Wildman–Crippen LogP) is 3.24. The number of para-hydroxylation sites is 1. The number of ether oxygens (including phenoxy) is 2. The smallest absolute Gasteiger partial charge is 0.124 e. The van der Waals surface area contributed by atoms with Gasteiger partial charge in [-0.05, 0) is 36.5 Å². The van der Waals surface area contributed by atoms with Gasteiger partial charge in [0, 0.05) is 18.2 Å². The SMILES string of the molecule is COc1ccccc1COC[C@@H](O)CN[C@H]1CCCc2ccccc21. The van der Waals surface area contributed by atoms with Gasteiger partial charge in [-0.2, -0.15) is 0 Å². The van der Waals surface area contributed by atoms with Crippen LogP contribution in [0.3, 0.4) is 0 Å². The van der Waals surface area contributed by atoms with E-state index in [1.165, 1.54) is 17.5 Å². The first kappa shape index (κ1) is 17.9. The lowest BCUT2D eigenvalue weighted by Crippen LogP contribution is -2.34. The molecule has 2 aromatic rings. The summed E-state index contributed by atoms with van der Waals surface area (Å²) in [5.74, 6) is 0.814. The third kappa shape index (κ3) is 4.82. The first-order valence-corrected chi connectivity index (χ1v) is 8.97. The normalized spacial score (nSPS) is 17.8. The second kappa shape index (κ2) is 8.99. The van der Waals surface area contributed by atoms with E-state index in [2.05, 4.69) is 29.6 Å². The van der Waals surface area contributed by atoms with E-state index in [0.29, 0.717) is 25.8 Å². The van der Waals surface area contributed by atoms with Gasteiger partial charge in [0.15, 0.2) is 0 Å². The van der Waals surface area contributed by atoms with Gasteiger partial charge in [0.25, 0.3) is 0 Å². The van der Waals surface area contributed by atoms with Crippen LogP contribution in [0.4, 0.5) is 0 Å². The number of aliphatic hydroxyl groups is 1. The maximum atomic E-state index is 10.2. The minimum Gasteiger partial charge on any atom is -0.496 e. The third-order valence-electron chi connectivity index (χ3n) is 4.73. The van der Waals surface area contributed by atoms with Crippen LogP contribution >= 0.6 is 0 Å². The van der Waals surface area contributed by atoms with Crippen LogP contribution in [-0.2, 0) is 17.8 Å². The molecule has 4 nitrogen and oxygen atoms in total. The molecule has 25 heavy (non-hydrogen) atoms. The lowest BCUT2D eigenvalue weighted by Gasteiger charge is -2.27. The Morgan fingerprint density at radius 1 is 1.16 bits per heavy atom. The van der Waals surface area contributed by atoms with Crippen molar-refractivity contribution < 1.29 is 14.6 Å².